The molecule has 29 heavy (non-hydrogen) atoms. The van der Waals surface area contributed by atoms with Crippen LogP contribution >= 0.6 is 0 Å². The zero-order chi connectivity index (χ0) is 20.3. The fraction of sp³-hybridized carbons (Fsp3) is 0.476. The topological polar surface area (TPSA) is 102 Å². The number of carboxylic acids is 1. The molecular weight excluding hydrogens is 383 g/mol. The normalized spacial score (nSPS) is 26.4. The number of aliphatic hydroxyl groups excluding tert-OH is 1. The van der Waals surface area contributed by atoms with Gasteiger partial charge in [-0.3, -0.25) is 4.79 Å². The minimum Gasteiger partial charge on any atom is -0.543 e. The van der Waals surface area contributed by atoms with E-state index < -0.39 is 24.1 Å². The number of carbonyl (C=O) groups excluding carboxylic acids is 2. The molecule has 0 aliphatic carbocycles. The fourth-order valence-electron chi connectivity index (χ4n) is 4.93. The third-order valence-electron chi connectivity index (χ3n) is 5.98. The van der Waals surface area contributed by atoms with Crippen LogP contribution in [0.5, 0.6) is 0 Å². The summed E-state index contributed by atoms with van der Waals surface area (Å²) in [6.45, 7) is 7.62. The molecule has 0 aromatic heterocycles. The average Bonchev–Trinajstić information content (AvgIpc) is 3.16. The zero-order valence-corrected chi connectivity index (χ0v) is 19.4. The second-order valence-corrected chi connectivity index (χ2v) is 8.02. The molecule has 1 amide bonds. The Balaban J connectivity index is 0.00000240. The summed E-state index contributed by atoms with van der Waals surface area (Å²) in [5.41, 5.74) is 5.54. The van der Waals surface area contributed by atoms with Crippen molar-refractivity contribution in [1.29, 1.82) is 0 Å². The van der Waals surface area contributed by atoms with E-state index in [9.17, 15) is 19.8 Å². The molecule has 8 heteroatoms. The van der Waals surface area contributed by atoms with Gasteiger partial charge in [-0.1, -0.05) is 22.9 Å². The van der Waals surface area contributed by atoms with Crippen LogP contribution in [0.2, 0.25) is 0 Å². The van der Waals surface area contributed by atoms with Crippen LogP contribution in [0.15, 0.2) is 28.6 Å². The van der Waals surface area contributed by atoms with E-state index in [1.54, 1.807) is 6.92 Å². The maximum Gasteiger partial charge on any atom is 1.00 e. The van der Waals surface area contributed by atoms with E-state index in [2.05, 4.69) is 17.3 Å². The van der Waals surface area contributed by atoms with Gasteiger partial charge >= 0.3 is 29.6 Å². The molecule has 3 aliphatic rings. The maximum atomic E-state index is 12.3. The van der Waals surface area contributed by atoms with Gasteiger partial charge < -0.3 is 24.7 Å². The smallest absolute Gasteiger partial charge is 0.543 e. The van der Waals surface area contributed by atoms with E-state index in [1.807, 2.05) is 20.8 Å². The van der Waals surface area contributed by atoms with Gasteiger partial charge in [0.2, 0.25) is 5.91 Å². The van der Waals surface area contributed by atoms with Crippen LogP contribution in [-0.4, -0.2) is 45.8 Å². The average molecular weight is 406 g/mol. The van der Waals surface area contributed by atoms with Gasteiger partial charge in [0.1, 0.15) is 0 Å². The number of β-lactam (4-membered cyclic amide) rings is 1. The first kappa shape index (κ1) is 22.0. The van der Waals surface area contributed by atoms with Crippen LogP contribution < -0.4 is 34.7 Å². The number of nitrogens with zero attached hydrogens (tertiary/aromatic N) is 2. The molecule has 148 valence electrons. The van der Waals surface area contributed by atoms with E-state index in [4.69, 9.17) is 4.84 Å². The Morgan fingerprint density at radius 1 is 1.28 bits per heavy atom. The van der Waals surface area contributed by atoms with Crippen molar-refractivity contribution in [2.45, 2.75) is 58.8 Å². The molecule has 0 saturated carbocycles. The third kappa shape index (κ3) is 3.44. The number of aliphatic carboxylic acids is 1. The maximum absolute atomic E-state index is 12.3. The first-order chi connectivity index (χ1) is 13.2. The quantitative estimate of drug-likeness (QED) is 0.449. The summed E-state index contributed by atoms with van der Waals surface area (Å²) in [7, 11) is 0. The van der Waals surface area contributed by atoms with Crippen LogP contribution in [-0.2, 0) is 14.4 Å². The van der Waals surface area contributed by atoms with Gasteiger partial charge in [-0.2, -0.15) is 0 Å². The predicted octanol–water partition coefficient (Wildman–Crippen LogP) is -2.28. The Labute approximate surface area is 191 Å². The number of aryl methyl sites for hydroxylation is 3. The summed E-state index contributed by atoms with van der Waals surface area (Å²) in [6.07, 6.45) is -0.587. The van der Waals surface area contributed by atoms with Crippen molar-refractivity contribution in [3.63, 3.8) is 0 Å². The molecular formula is C21H23N2NaO5. The van der Waals surface area contributed by atoms with Crippen molar-refractivity contribution >= 4 is 17.6 Å². The summed E-state index contributed by atoms with van der Waals surface area (Å²) >= 11 is 0. The van der Waals surface area contributed by atoms with Gasteiger partial charge in [0.05, 0.1) is 35.4 Å². The molecule has 3 aliphatic heterocycles. The molecule has 3 heterocycles. The number of carboxylic acid groups (broad SMARTS) is 1. The Hall–Kier alpha value is -1.67. The van der Waals surface area contributed by atoms with E-state index >= 15 is 0 Å². The largest absolute Gasteiger partial charge is 1.00 e. The summed E-state index contributed by atoms with van der Waals surface area (Å²) < 4.78 is 0. The van der Waals surface area contributed by atoms with Crippen LogP contribution in [0.1, 0.15) is 42.0 Å². The van der Waals surface area contributed by atoms with Crippen molar-refractivity contribution in [3.8, 4) is 0 Å². The first-order valence-electron chi connectivity index (χ1n) is 9.47. The number of carbonyl (C=O) groups is 2. The first-order valence-corrected chi connectivity index (χ1v) is 9.47. The number of oxime groups is 1. The number of rotatable bonds is 4. The minimum absolute atomic E-state index is 0. The van der Waals surface area contributed by atoms with E-state index in [1.165, 1.54) is 10.5 Å². The number of fused-ring (bicyclic) bond motifs is 1. The number of hydrogen-bond acceptors (Lipinski definition) is 6. The number of amides is 1. The molecule has 4 rings (SSSR count). The Kier molecular flexibility index (Phi) is 5.98. The molecule has 1 aromatic rings. The van der Waals surface area contributed by atoms with Crippen LogP contribution in [0, 0.1) is 26.7 Å². The number of hydrogen-bond donors (Lipinski definition) is 1. The number of benzene rings is 1. The SMILES string of the molecule is Cc1cc(C)c(C2=NO[C@H](C3=C(C(=O)[O-])N4C(=O)[C@H]([C@@H](C)O)[C@H]4C3)C2)c(C)c1.[Na+]. The third-order valence-corrected chi connectivity index (χ3v) is 5.98. The standard InChI is InChI=1S/C21H24N2O5.Na/c1-9-5-10(2)17(11(3)6-9)14-8-16(28-22-14)13-7-15-18(12(4)24)20(25)23(15)19(13)21(26)27;/h5-6,12,15-16,18,24H,7-8H2,1-4H3,(H,26,27);/q;+1/p-1/t12-,15-,16+,18-;/m1./s1. The monoisotopic (exact) mass is 406 g/mol. The molecule has 4 atom stereocenters. The van der Waals surface area contributed by atoms with Gasteiger partial charge in [0.15, 0.2) is 6.10 Å². The van der Waals surface area contributed by atoms with Gasteiger partial charge in [-0.05, 0) is 45.2 Å². The fourth-order valence-corrected chi connectivity index (χ4v) is 4.93. The summed E-state index contributed by atoms with van der Waals surface area (Å²) in [4.78, 5) is 31.0. The second kappa shape index (κ2) is 7.87. The molecule has 1 N–H and O–H groups in total. The molecule has 0 unspecified atom stereocenters. The van der Waals surface area contributed by atoms with Crippen molar-refractivity contribution in [1.82, 2.24) is 4.90 Å². The molecule has 1 fully saturated rings. The Morgan fingerprint density at radius 3 is 2.45 bits per heavy atom. The summed E-state index contributed by atoms with van der Waals surface area (Å²) in [5.74, 6) is -2.36. The van der Waals surface area contributed by atoms with Gasteiger partial charge in [0.25, 0.3) is 0 Å². The van der Waals surface area contributed by atoms with Crippen molar-refractivity contribution < 1.29 is 54.2 Å². The molecule has 0 radical (unpaired) electrons. The number of aliphatic hydroxyl groups is 1. The molecule has 1 saturated heterocycles. The van der Waals surface area contributed by atoms with Crippen molar-refractivity contribution in [3.05, 3.63) is 45.7 Å². The van der Waals surface area contributed by atoms with Gasteiger partial charge in [-0.15, -0.1) is 0 Å². The van der Waals surface area contributed by atoms with Gasteiger partial charge in [-0.25, -0.2) is 0 Å². The molecule has 1 aromatic carbocycles. The Morgan fingerprint density at radius 2 is 1.90 bits per heavy atom. The van der Waals surface area contributed by atoms with E-state index in [-0.39, 0.29) is 47.2 Å². The second-order valence-electron chi connectivity index (χ2n) is 8.02. The van der Waals surface area contributed by atoms with Crippen LogP contribution in [0.3, 0.4) is 0 Å². The van der Waals surface area contributed by atoms with Crippen molar-refractivity contribution in [2.24, 2.45) is 11.1 Å². The summed E-state index contributed by atoms with van der Waals surface area (Å²) in [6, 6.07) is 3.81. The van der Waals surface area contributed by atoms with Crippen LogP contribution in [0.4, 0.5) is 0 Å². The molecule has 7 nitrogen and oxygen atoms in total. The Bertz CT molecular complexity index is 929. The summed E-state index contributed by atoms with van der Waals surface area (Å²) in [5, 5.41) is 25.9. The van der Waals surface area contributed by atoms with E-state index in [0.717, 1.165) is 22.4 Å². The van der Waals surface area contributed by atoms with Crippen molar-refractivity contribution in [2.75, 3.05) is 0 Å². The minimum atomic E-state index is -1.39. The van der Waals surface area contributed by atoms with E-state index in [0.29, 0.717) is 18.4 Å². The molecule has 0 bridgehead atoms. The van der Waals surface area contributed by atoms with Crippen LogP contribution in [0.25, 0.3) is 0 Å². The van der Waals surface area contributed by atoms with Gasteiger partial charge in [0, 0.05) is 17.6 Å². The molecule has 0 spiro atoms. The predicted molar refractivity (Wildman–Crippen MR) is 99.1 cm³/mol. The zero-order valence-electron chi connectivity index (χ0n) is 17.4.